The lowest BCUT2D eigenvalue weighted by molar-refractivity contribution is -0.137. The Morgan fingerprint density at radius 2 is 1.41 bits per heavy atom. The van der Waals surface area contributed by atoms with E-state index in [1.807, 2.05) is 48.2 Å². The summed E-state index contributed by atoms with van der Waals surface area (Å²) < 4.78 is 29.8. The van der Waals surface area contributed by atoms with Crippen molar-refractivity contribution in [3.8, 4) is 23.0 Å². The quantitative estimate of drug-likeness (QED) is 0.0404. The van der Waals surface area contributed by atoms with E-state index in [0.29, 0.717) is 82.0 Å². The zero-order valence-corrected chi connectivity index (χ0v) is 39.5. The molecule has 0 saturated carbocycles. The number of methoxy groups -OCH3 is 1. The Morgan fingerprint density at radius 3 is 2.10 bits per heavy atom. The first kappa shape index (κ1) is 49.6. The van der Waals surface area contributed by atoms with E-state index in [1.54, 1.807) is 47.7 Å². The van der Waals surface area contributed by atoms with Gasteiger partial charge in [0.25, 0.3) is 5.91 Å². The van der Waals surface area contributed by atoms with Gasteiger partial charge in [-0.3, -0.25) is 33.9 Å². The van der Waals surface area contributed by atoms with Gasteiger partial charge in [0.05, 0.1) is 42.1 Å². The van der Waals surface area contributed by atoms with Crippen molar-refractivity contribution < 1.29 is 48.0 Å². The van der Waals surface area contributed by atoms with Crippen molar-refractivity contribution >= 4 is 68.7 Å². The summed E-state index contributed by atoms with van der Waals surface area (Å²) in [6.07, 6.45) is 5.25. The number of rotatable bonds is 24. The zero-order valence-electron chi connectivity index (χ0n) is 39.5. The van der Waals surface area contributed by atoms with E-state index in [-0.39, 0.29) is 75.1 Å². The summed E-state index contributed by atoms with van der Waals surface area (Å²) in [5.74, 6) is -1.74. The monoisotopic (exact) mass is 961 g/mol. The number of fused-ring (bicyclic) bond motifs is 4. The van der Waals surface area contributed by atoms with Crippen molar-refractivity contribution in [1.29, 1.82) is 0 Å². The second-order valence-corrected chi connectivity index (χ2v) is 16.0. The number of hydrogen-bond donors (Lipinski definition) is 5. The highest BCUT2D eigenvalue weighted by molar-refractivity contribution is 6.12. The Labute approximate surface area is 400 Å². The minimum absolute atomic E-state index is 0.0496. The van der Waals surface area contributed by atoms with E-state index >= 15 is 0 Å². The molecule has 0 aliphatic carbocycles. The van der Waals surface area contributed by atoms with Crippen molar-refractivity contribution in [2.24, 2.45) is 11.5 Å². The SMILES string of the molecule is CCn1nc(C)cc1C(=O)Nc1nc2cc(C(N)=O)cc(OCCCNC(=O)OCCC(=O)O)c2n1C/C=C/Cn1c2nc(-c3cc(C)nn3CC)ncc2c2cc(C(N)=O)cc(OCCCOC)c21. The number of hydrogen-bond acceptors (Lipinski definition) is 14. The van der Waals surface area contributed by atoms with Crippen LogP contribution in [0.4, 0.5) is 10.7 Å². The number of nitrogens with two attached hydrogens (primary N) is 2. The Hall–Kier alpha value is -8.34. The van der Waals surface area contributed by atoms with Gasteiger partial charge in [-0.25, -0.2) is 19.7 Å². The summed E-state index contributed by atoms with van der Waals surface area (Å²) in [7, 11) is 1.61. The van der Waals surface area contributed by atoms with Crippen molar-refractivity contribution in [2.75, 3.05) is 45.4 Å². The number of aliphatic carboxylic acids is 1. The van der Waals surface area contributed by atoms with Crippen LogP contribution in [0.25, 0.3) is 44.5 Å². The zero-order chi connectivity index (χ0) is 50.1. The van der Waals surface area contributed by atoms with Gasteiger partial charge in [-0.05, 0) is 70.5 Å². The van der Waals surface area contributed by atoms with E-state index in [9.17, 15) is 24.0 Å². The molecule has 5 aromatic heterocycles. The number of primary amides is 2. The molecule has 5 heterocycles. The van der Waals surface area contributed by atoms with E-state index in [4.69, 9.17) is 50.5 Å². The first-order valence-corrected chi connectivity index (χ1v) is 22.6. The number of aryl methyl sites for hydroxylation is 4. The van der Waals surface area contributed by atoms with Crippen LogP contribution in [-0.4, -0.2) is 119 Å². The molecule has 0 bridgehead atoms. The fourth-order valence-corrected chi connectivity index (χ4v) is 7.85. The van der Waals surface area contributed by atoms with E-state index < -0.39 is 29.8 Å². The second kappa shape index (κ2) is 22.2. The molecule has 0 radical (unpaired) electrons. The second-order valence-electron chi connectivity index (χ2n) is 16.0. The van der Waals surface area contributed by atoms with Crippen LogP contribution >= 0.6 is 0 Å². The third kappa shape index (κ3) is 11.2. The molecule has 0 aliphatic rings. The summed E-state index contributed by atoms with van der Waals surface area (Å²) in [5.41, 5.74) is 16.4. The van der Waals surface area contributed by atoms with Gasteiger partial charge in [0.1, 0.15) is 40.7 Å². The first-order valence-electron chi connectivity index (χ1n) is 22.6. The number of aromatic nitrogens is 9. The molecule has 23 heteroatoms. The summed E-state index contributed by atoms with van der Waals surface area (Å²) in [6.45, 7) is 9.55. The van der Waals surface area contributed by atoms with Gasteiger partial charge in [0, 0.05) is 81.0 Å². The van der Waals surface area contributed by atoms with E-state index in [0.717, 1.165) is 11.4 Å². The molecular formula is C47H55N13O10. The maximum Gasteiger partial charge on any atom is 0.407 e. The topological polar surface area (TPSA) is 303 Å². The Bertz CT molecular complexity index is 3130. The summed E-state index contributed by atoms with van der Waals surface area (Å²) in [5, 5.41) is 24.6. The lowest BCUT2D eigenvalue weighted by Gasteiger charge is -2.13. The van der Waals surface area contributed by atoms with Gasteiger partial charge in [-0.15, -0.1) is 0 Å². The predicted molar refractivity (Wildman–Crippen MR) is 257 cm³/mol. The highest BCUT2D eigenvalue weighted by Crippen LogP contribution is 2.37. The standard InChI is InChI=1S/C47H55N13O10/c1-6-59-34(20-27(3)55-59)43-51-26-32-31-22-29(41(48)63)24-36(69-18-11-16-67-5)39(31)57(44(32)53-43)14-8-9-15-58-40-33(52-46(58)54-45(65)35-21-28(4)56-60(35)7-2)23-30(42(49)64)25-37(40)68-17-10-13-50-47(66)70-19-12-38(61)62/h8-9,20-26H,6-7,10-19H2,1-5H3,(H2,48,63)(H2,49,64)(H,50,66)(H,61,62)(H,52,54,65)/b9-8+. The number of nitrogens with zero attached hydrogens (tertiary/aromatic N) is 9. The fraction of sp³-hybridized carbons (Fsp3) is 0.362. The molecule has 0 aliphatic heterocycles. The van der Waals surface area contributed by atoms with E-state index in [1.165, 1.54) is 12.1 Å². The number of allylic oxidation sites excluding steroid dienone is 2. The number of carbonyl (C=O) groups excluding carboxylic acids is 4. The molecule has 2 aromatic carbocycles. The van der Waals surface area contributed by atoms with Crippen molar-refractivity contribution in [3.63, 3.8) is 0 Å². The molecule has 0 unspecified atom stereocenters. The molecule has 0 saturated heterocycles. The maximum absolute atomic E-state index is 13.9. The van der Waals surface area contributed by atoms with Gasteiger partial charge in [-0.2, -0.15) is 10.2 Å². The average molecular weight is 962 g/mol. The van der Waals surface area contributed by atoms with Crippen LogP contribution in [0.1, 0.15) is 75.7 Å². The molecule has 0 fully saturated rings. The van der Waals surface area contributed by atoms with Crippen molar-refractivity contribution in [1.82, 2.24) is 49.0 Å². The molecule has 7 N–H and O–H groups in total. The number of amides is 4. The third-order valence-electron chi connectivity index (χ3n) is 11.0. The number of benzene rings is 2. The number of nitrogens with one attached hydrogen (secondary N) is 2. The number of carbonyl (C=O) groups is 5. The van der Waals surface area contributed by atoms with Crippen LogP contribution in [0.5, 0.6) is 11.5 Å². The van der Waals surface area contributed by atoms with Crippen LogP contribution in [0.2, 0.25) is 0 Å². The van der Waals surface area contributed by atoms with Crippen LogP contribution in [0, 0.1) is 13.8 Å². The van der Waals surface area contributed by atoms with Crippen molar-refractivity contribution in [3.05, 3.63) is 83.0 Å². The number of carboxylic acids is 1. The van der Waals surface area contributed by atoms with Crippen molar-refractivity contribution in [2.45, 2.75) is 73.1 Å². The third-order valence-corrected chi connectivity index (χ3v) is 11.0. The predicted octanol–water partition coefficient (Wildman–Crippen LogP) is 4.74. The first-order chi connectivity index (χ1) is 33.7. The highest BCUT2D eigenvalue weighted by atomic mass is 16.5. The molecule has 368 valence electrons. The van der Waals surface area contributed by atoms with Gasteiger partial charge >= 0.3 is 12.1 Å². The smallest absolute Gasteiger partial charge is 0.407 e. The largest absolute Gasteiger partial charge is 0.491 e. The molecule has 7 aromatic rings. The number of ether oxygens (including phenoxy) is 4. The van der Waals surface area contributed by atoms with E-state index in [2.05, 4.69) is 20.8 Å². The maximum atomic E-state index is 13.9. The van der Waals surface area contributed by atoms with Gasteiger partial charge in [-0.1, -0.05) is 12.2 Å². The number of imidazole rings is 1. The van der Waals surface area contributed by atoms with Crippen LogP contribution in [0.15, 0.2) is 54.7 Å². The molecule has 0 spiro atoms. The number of alkyl carbamates (subject to hydrolysis) is 1. The summed E-state index contributed by atoms with van der Waals surface area (Å²) in [4.78, 5) is 76.6. The Kier molecular flexibility index (Phi) is 15.7. The lowest BCUT2D eigenvalue weighted by Crippen LogP contribution is -2.27. The Balaban J connectivity index is 1.28. The minimum Gasteiger partial charge on any atom is -0.491 e. The molecule has 7 rings (SSSR count). The Morgan fingerprint density at radius 1 is 0.757 bits per heavy atom. The van der Waals surface area contributed by atoms with Gasteiger partial charge in [0.2, 0.25) is 17.8 Å². The summed E-state index contributed by atoms with van der Waals surface area (Å²) in [6, 6.07) is 9.89. The fourth-order valence-electron chi connectivity index (χ4n) is 7.85. The van der Waals surface area contributed by atoms with Crippen LogP contribution in [0.3, 0.4) is 0 Å². The molecule has 4 amide bonds. The molecule has 0 atom stereocenters. The number of carboxylic acid groups (broad SMARTS) is 1. The summed E-state index contributed by atoms with van der Waals surface area (Å²) >= 11 is 0. The minimum atomic E-state index is -1.10. The molecule has 23 nitrogen and oxygen atoms in total. The molecular weight excluding hydrogens is 907 g/mol. The van der Waals surface area contributed by atoms with Crippen LogP contribution < -0.4 is 31.6 Å². The molecule has 70 heavy (non-hydrogen) atoms. The number of anilines is 1. The lowest BCUT2D eigenvalue weighted by atomic mass is 10.1. The van der Waals surface area contributed by atoms with Crippen LogP contribution in [-0.2, 0) is 40.4 Å². The van der Waals surface area contributed by atoms with Gasteiger partial charge in [0.15, 0.2) is 5.82 Å². The highest BCUT2D eigenvalue weighted by Gasteiger charge is 2.24. The normalized spacial score (nSPS) is 11.5. The average Bonchev–Trinajstić information content (AvgIpc) is 4.09. The van der Waals surface area contributed by atoms with Gasteiger partial charge < -0.3 is 50.0 Å².